The smallest absolute Gasteiger partial charge is 0.189 e. The van der Waals surface area contributed by atoms with Crippen LogP contribution in [0.3, 0.4) is 0 Å². The maximum atomic E-state index is 12.5. The number of phenols is 1. The van der Waals surface area contributed by atoms with Crippen LogP contribution in [0.4, 0.5) is 0 Å². The maximum absolute atomic E-state index is 12.5. The van der Waals surface area contributed by atoms with Crippen LogP contribution in [0.2, 0.25) is 0 Å². The number of aryl methyl sites for hydroxylation is 1. The van der Waals surface area contributed by atoms with Crippen LogP contribution in [0.1, 0.15) is 47.8 Å². The minimum atomic E-state index is -0.236. The van der Waals surface area contributed by atoms with Crippen molar-refractivity contribution in [2.45, 2.75) is 33.1 Å². The van der Waals surface area contributed by atoms with Crippen LogP contribution in [0.25, 0.3) is 17.0 Å². The second kappa shape index (κ2) is 6.25. The van der Waals surface area contributed by atoms with E-state index >= 15 is 0 Å². The molecule has 0 aliphatic rings. The Bertz CT molecular complexity index is 951. The monoisotopic (exact) mass is 334 g/mol. The number of allylic oxidation sites excluding steroid dienone is 1. The van der Waals surface area contributed by atoms with E-state index in [1.807, 2.05) is 19.1 Å². The summed E-state index contributed by atoms with van der Waals surface area (Å²) in [6.45, 7) is 8.33. The van der Waals surface area contributed by atoms with Crippen molar-refractivity contribution in [3.05, 3.63) is 71.0 Å². The summed E-state index contributed by atoms with van der Waals surface area (Å²) in [4.78, 5) is 12.5. The number of fused-ring (bicyclic) bond motifs is 1. The van der Waals surface area contributed by atoms with Crippen LogP contribution in [0.5, 0.6) is 5.75 Å². The van der Waals surface area contributed by atoms with Gasteiger partial charge in [0.1, 0.15) is 11.3 Å². The number of aromatic hydroxyl groups is 1. The molecule has 0 aliphatic carbocycles. The van der Waals surface area contributed by atoms with Crippen LogP contribution in [-0.2, 0) is 5.41 Å². The van der Waals surface area contributed by atoms with Gasteiger partial charge < -0.3 is 9.52 Å². The van der Waals surface area contributed by atoms with Gasteiger partial charge in [0, 0.05) is 0 Å². The van der Waals surface area contributed by atoms with Crippen molar-refractivity contribution in [3.63, 3.8) is 0 Å². The van der Waals surface area contributed by atoms with E-state index in [4.69, 9.17) is 4.42 Å². The van der Waals surface area contributed by atoms with Crippen molar-refractivity contribution in [2.24, 2.45) is 0 Å². The molecule has 3 aromatic rings. The Morgan fingerprint density at radius 2 is 1.76 bits per heavy atom. The highest BCUT2D eigenvalue weighted by Crippen LogP contribution is 2.33. The number of carbonyl (C=O) groups is 1. The summed E-state index contributed by atoms with van der Waals surface area (Å²) in [5.74, 6) is -0.263. The maximum Gasteiger partial charge on any atom is 0.189 e. The molecule has 0 saturated heterocycles. The number of rotatable bonds is 3. The van der Waals surface area contributed by atoms with Crippen molar-refractivity contribution in [3.8, 4) is 5.75 Å². The van der Waals surface area contributed by atoms with Gasteiger partial charge in [0.2, 0.25) is 0 Å². The normalized spacial score (nSPS) is 12.2. The summed E-state index contributed by atoms with van der Waals surface area (Å²) < 4.78 is 5.34. The third kappa shape index (κ3) is 3.36. The van der Waals surface area contributed by atoms with E-state index in [-0.39, 0.29) is 22.5 Å². The van der Waals surface area contributed by atoms with Crippen molar-refractivity contribution in [1.82, 2.24) is 0 Å². The fourth-order valence-electron chi connectivity index (χ4n) is 2.82. The fourth-order valence-corrected chi connectivity index (χ4v) is 2.82. The molecule has 0 amide bonds. The number of ketones is 1. The third-order valence-corrected chi connectivity index (χ3v) is 4.37. The quantitative estimate of drug-likeness (QED) is 0.498. The van der Waals surface area contributed by atoms with Crippen LogP contribution in [0.15, 0.2) is 53.2 Å². The van der Waals surface area contributed by atoms with Gasteiger partial charge in [-0.05, 0) is 47.2 Å². The van der Waals surface area contributed by atoms with Gasteiger partial charge in [0.15, 0.2) is 5.78 Å². The Hall–Kier alpha value is -2.81. The van der Waals surface area contributed by atoms with Gasteiger partial charge in [-0.1, -0.05) is 51.1 Å². The van der Waals surface area contributed by atoms with Crippen molar-refractivity contribution < 1.29 is 14.3 Å². The van der Waals surface area contributed by atoms with Gasteiger partial charge in [-0.25, -0.2) is 0 Å². The first-order valence-corrected chi connectivity index (χ1v) is 8.30. The highest BCUT2D eigenvalue weighted by atomic mass is 16.3. The summed E-state index contributed by atoms with van der Waals surface area (Å²) in [6.07, 6.45) is 4.83. The minimum absolute atomic E-state index is 0.0264. The largest absolute Gasteiger partial charge is 0.506 e. The number of hydrogen-bond acceptors (Lipinski definition) is 3. The second-order valence-corrected chi connectivity index (χ2v) is 7.32. The van der Waals surface area contributed by atoms with E-state index in [0.717, 1.165) is 11.1 Å². The molecule has 0 unspecified atom stereocenters. The summed E-state index contributed by atoms with van der Waals surface area (Å²) >= 11 is 0. The Morgan fingerprint density at radius 3 is 2.40 bits per heavy atom. The molecule has 1 heterocycles. The number of benzene rings is 2. The van der Waals surface area contributed by atoms with E-state index in [1.165, 1.54) is 11.6 Å². The average molecular weight is 334 g/mol. The van der Waals surface area contributed by atoms with Gasteiger partial charge in [-0.15, -0.1) is 0 Å². The van der Waals surface area contributed by atoms with Crippen molar-refractivity contribution in [2.75, 3.05) is 0 Å². The highest BCUT2D eigenvalue weighted by Gasteiger charge is 2.15. The summed E-state index contributed by atoms with van der Waals surface area (Å²) in [5, 5.41) is 11.0. The zero-order valence-corrected chi connectivity index (χ0v) is 15.0. The first-order valence-electron chi connectivity index (χ1n) is 8.30. The van der Waals surface area contributed by atoms with E-state index < -0.39 is 0 Å². The number of carbonyl (C=O) groups excluding carboxylic acids is 1. The standard InChI is InChI=1S/C22H22O3/c1-14-13-25-19-12-10-17(21(24)20(14)19)18(23)11-7-15-5-8-16(9-6-15)22(2,3)4/h5-13,24H,1-4H3/b11-7+. The van der Waals surface area contributed by atoms with E-state index in [0.29, 0.717) is 11.0 Å². The summed E-state index contributed by atoms with van der Waals surface area (Å²) in [6, 6.07) is 11.4. The van der Waals surface area contributed by atoms with Crippen LogP contribution in [-0.4, -0.2) is 10.9 Å². The molecule has 0 aliphatic heterocycles. The van der Waals surface area contributed by atoms with E-state index in [9.17, 15) is 9.90 Å². The molecule has 0 atom stereocenters. The average Bonchev–Trinajstić information content (AvgIpc) is 2.94. The topological polar surface area (TPSA) is 50.4 Å². The van der Waals surface area contributed by atoms with Gasteiger partial charge >= 0.3 is 0 Å². The molecule has 0 spiro atoms. The molecular weight excluding hydrogens is 312 g/mol. The lowest BCUT2D eigenvalue weighted by molar-refractivity contribution is 0.104. The molecule has 1 N–H and O–H groups in total. The Morgan fingerprint density at radius 1 is 1.08 bits per heavy atom. The van der Waals surface area contributed by atoms with Crippen molar-refractivity contribution in [1.29, 1.82) is 0 Å². The summed E-state index contributed by atoms with van der Waals surface area (Å²) in [5.41, 5.74) is 3.95. The van der Waals surface area contributed by atoms with E-state index in [2.05, 4.69) is 32.9 Å². The Labute approximate surface area is 147 Å². The lowest BCUT2D eigenvalue weighted by Gasteiger charge is -2.18. The molecule has 3 nitrogen and oxygen atoms in total. The second-order valence-electron chi connectivity index (χ2n) is 7.32. The lowest BCUT2D eigenvalue weighted by atomic mass is 9.87. The lowest BCUT2D eigenvalue weighted by Crippen LogP contribution is -2.10. The first kappa shape index (κ1) is 17.0. The number of furan rings is 1. The Balaban J connectivity index is 1.86. The van der Waals surface area contributed by atoms with Gasteiger partial charge in [0.25, 0.3) is 0 Å². The number of phenolic OH excluding ortho intramolecular Hbond substituents is 1. The van der Waals surface area contributed by atoms with Gasteiger partial charge in [0.05, 0.1) is 17.2 Å². The molecule has 3 rings (SSSR count). The molecule has 128 valence electrons. The van der Waals surface area contributed by atoms with Gasteiger partial charge in [-0.2, -0.15) is 0 Å². The van der Waals surface area contributed by atoms with Crippen LogP contribution < -0.4 is 0 Å². The highest BCUT2D eigenvalue weighted by molar-refractivity contribution is 6.11. The number of hydrogen-bond donors (Lipinski definition) is 1. The third-order valence-electron chi connectivity index (χ3n) is 4.37. The van der Waals surface area contributed by atoms with Gasteiger partial charge in [-0.3, -0.25) is 4.79 Å². The predicted molar refractivity (Wildman–Crippen MR) is 101 cm³/mol. The molecular formula is C22H22O3. The molecule has 2 aromatic carbocycles. The summed E-state index contributed by atoms with van der Waals surface area (Å²) in [7, 11) is 0. The molecule has 0 fully saturated rings. The molecule has 0 saturated carbocycles. The molecule has 0 bridgehead atoms. The molecule has 3 heteroatoms. The fraction of sp³-hybridized carbons (Fsp3) is 0.227. The zero-order chi connectivity index (χ0) is 18.2. The zero-order valence-electron chi connectivity index (χ0n) is 15.0. The first-order chi connectivity index (χ1) is 11.8. The van der Waals surface area contributed by atoms with Crippen LogP contribution >= 0.6 is 0 Å². The predicted octanol–water partition coefficient (Wildman–Crippen LogP) is 5.64. The van der Waals surface area contributed by atoms with Crippen LogP contribution in [0, 0.1) is 6.92 Å². The minimum Gasteiger partial charge on any atom is -0.506 e. The SMILES string of the molecule is Cc1coc2ccc(C(=O)/C=C/c3ccc(C(C)(C)C)cc3)c(O)c12. The van der Waals surface area contributed by atoms with Crippen molar-refractivity contribution >= 4 is 22.8 Å². The molecule has 25 heavy (non-hydrogen) atoms. The van der Waals surface area contributed by atoms with E-state index in [1.54, 1.807) is 24.5 Å². The molecule has 1 aromatic heterocycles. The Kier molecular flexibility index (Phi) is 4.25. The molecule has 0 radical (unpaired) electrons.